The van der Waals surface area contributed by atoms with Crippen molar-refractivity contribution in [3.05, 3.63) is 71.8 Å². The summed E-state index contributed by atoms with van der Waals surface area (Å²) in [6, 6.07) is 17.0. The monoisotopic (exact) mass is 496 g/mol. The molecule has 0 bridgehead atoms. The lowest BCUT2D eigenvalue weighted by Crippen LogP contribution is -2.61. The van der Waals surface area contributed by atoms with Crippen molar-refractivity contribution >= 4 is 29.5 Å². The molecule has 1 aliphatic heterocycles. The second kappa shape index (κ2) is 11.3. The summed E-state index contributed by atoms with van der Waals surface area (Å²) in [7, 11) is 0. The lowest BCUT2D eigenvalue weighted by Gasteiger charge is -2.38. The van der Waals surface area contributed by atoms with Crippen molar-refractivity contribution in [3.8, 4) is 0 Å². The van der Waals surface area contributed by atoms with E-state index < -0.39 is 28.9 Å². The normalized spacial score (nSPS) is 18.9. The summed E-state index contributed by atoms with van der Waals surface area (Å²) in [4.78, 5) is 40.8. The Balaban J connectivity index is 1.89. The van der Waals surface area contributed by atoms with Gasteiger partial charge in [0.2, 0.25) is 17.7 Å². The van der Waals surface area contributed by atoms with Crippen LogP contribution in [-0.2, 0) is 14.4 Å². The highest BCUT2D eigenvalue weighted by atomic mass is 32.2. The van der Waals surface area contributed by atoms with Gasteiger partial charge in [-0.25, -0.2) is 0 Å². The van der Waals surface area contributed by atoms with Crippen molar-refractivity contribution in [2.75, 3.05) is 5.75 Å². The van der Waals surface area contributed by atoms with Gasteiger partial charge in [-0.3, -0.25) is 14.4 Å². The highest BCUT2D eigenvalue weighted by Crippen LogP contribution is 2.40. The molecule has 0 saturated carbocycles. The van der Waals surface area contributed by atoms with Crippen LogP contribution in [0.4, 0.5) is 0 Å². The predicted molar refractivity (Wildman–Crippen MR) is 140 cm³/mol. The van der Waals surface area contributed by atoms with E-state index in [2.05, 4.69) is 10.6 Å². The molecule has 3 amide bonds. The van der Waals surface area contributed by atoms with Gasteiger partial charge in [0.05, 0.1) is 17.0 Å². The van der Waals surface area contributed by atoms with Crippen LogP contribution in [-0.4, -0.2) is 51.4 Å². The molecule has 35 heavy (non-hydrogen) atoms. The number of hydrogen-bond donors (Lipinski definition) is 3. The number of amides is 3. The molecule has 0 aliphatic carbocycles. The minimum absolute atomic E-state index is 0.170. The zero-order valence-electron chi connectivity index (χ0n) is 21.0. The molecular weight excluding hydrogens is 460 g/mol. The molecule has 188 valence electrons. The minimum Gasteiger partial charge on any atom is -0.343 e. The van der Waals surface area contributed by atoms with E-state index >= 15 is 0 Å². The zero-order valence-corrected chi connectivity index (χ0v) is 21.8. The molecule has 2 aromatic carbocycles. The number of rotatable bonds is 8. The van der Waals surface area contributed by atoms with Crippen LogP contribution in [0.3, 0.4) is 0 Å². The Labute approximate surface area is 212 Å². The summed E-state index contributed by atoms with van der Waals surface area (Å²) >= 11 is 1.55. The summed E-state index contributed by atoms with van der Waals surface area (Å²) < 4.78 is 0. The fourth-order valence-corrected chi connectivity index (χ4v) is 5.47. The first-order valence-corrected chi connectivity index (χ1v) is 12.9. The number of carbonyl (C=O) groups excluding carboxylic acids is 3. The van der Waals surface area contributed by atoms with E-state index in [9.17, 15) is 14.4 Å². The summed E-state index contributed by atoms with van der Waals surface area (Å²) in [5, 5.41) is 5.97. The number of benzene rings is 2. The van der Waals surface area contributed by atoms with Crippen molar-refractivity contribution in [2.24, 2.45) is 11.7 Å². The summed E-state index contributed by atoms with van der Waals surface area (Å²) in [5.74, 6) is -0.602. The van der Waals surface area contributed by atoms with Gasteiger partial charge in [-0.1, -0.05) is 74.5 Å². The maximum absolute atomic E-state index is 13.8. The first kappa shape index (κ1) is 26.8. The Morgan fingerprint density at radius 1 is 0.943 bits per heavy atom. The van der Waals surface area contributed by atoms with Crippen molar-refractivity contribution in [1.82, 2.24) is 15.5 Å². The van der Waals surface area contributed by atoms with Crippen LogP contribution < -0.4 is 16.4 Å². The fourth-order valence-electron chi connectivity index (χ4n) is 4.25. The van der Waals surface area contributed by atoms with Gasteiger partial charge in [-0.15, -0.1) is 11.8 Å². The SMILES string of the molecule is CC(C)[C@H](NC(=O)[C@H](C)N)C(=O)N1[C@@H](C(=O)NC(c2ccccc2)c2ccccc2)CSC1(C)C. The van der Waals surface area contributed by atoms with Crippen molar-refractivity contribution in [3.63, 3.8) is 0 Å². The lowest BCUT2D eigenvalue weighted by atomic mass is 9.97. The topological polar surface area (TPSA) is 105 Å². The molecule has 1 aliphatic rings. The zero-order chi connectivity index (χ0) is 25.8. The third-order valence-corrected chi connectivity index (χ3v) is 7.61. The van der Waals surface area contributed by atoms with Crippen LogP contribution in [0.25, 0.3) is 0 Å². The molecule has 3 rings (SSSR count). The van der Waals surface area contributed by atoms with E-state index in [4.69, 9.17) is 5.73 Å². The smallest absolute Gasteiger partial charge is 0.247 e. The van der Waals surface area contributed by atoms with Crippen molar-refractivity contribution in [2.45, 2.75) is 63.7 Å². The molecule has 2 aromatic rings. The quantitative estimate of drug-likeness (QED) is 0.521. The predicted octanol–water partition coefficient (Wildman–Crippen LogP) is 3.06. The second-order valence-corrected chi connectivity index (χ2v) is 11.4. The second-order valence-electron chi connectivity index (χ2n) is 9.76. The Morgan fingerprint density at radius 3 is 1.91 bits per heavy atom. The maximum atomic E-state index is 13.8. The lowest BCUT2D eigenvalue weighted by molar-refractivity contribution is -0.146. The van der Waals surface area contributed by atoms with Crippen LogP contribution in [0, 0.1) is 5.92 Å². The molecule has 1 heterocycles. The number of nitrogens with zero attached hydrogens (tertiary/aromatic N) is 1. The van der Waals surface area contributed by atoms with E-state index in [1.165, 1.54) is 0 Å². The summed E-state index contributed by atoms with van der Waals surface area (Å²) in [5.41, 5.74) is 7.64. The van der Waals surface area contributed by atoms with Crippen LogP contribution in [0.2, 0.25) is 0 Å². The third kappa shape index (κ3) is 6.24. The number of nitrogens with two attached hydrogens (primary N) is 1. The Bertz CT molecular complexity index is 988. The fraction of sp³-hybridized carbons (Fsp3) is 0.444. The highest BCUT2D eigenvalue weighted by Gasteiger charge is 2.49. The van der Waals surface area contributed by atoms with Gasteiger partial charge in [0, 0.05) is 5.75 Å². The van der Waals surface area contributed by atoms with Gasteiger partial charge >= 0.3 is 0 Å². The van der Waals surface area contributed by atoms with E-state index in [-0.39, 0.29) is 23.8 Å². The molecule has 3 atom stereocenters. The summed E-state index contributed by atoms with van der Waals surface area (Å²) in [6.45, 7) is 9.18. The first-order chi connectivity index (χ1) is 16.5. The van der Waals surface area contributed by atoms with E-state index in [1.54, 1.807) is 23.6 Å². The number of nitrogens with one attached hydrogen (secondary N) is 2. The third-order valence-electron chi connectivity index (χ3n) is 6.22. The molecule has 1 saturated heterocycles. The average molecular weight is 497 g/mol. The molecule has 0 unspecified atom stereocenters. The Kier molecular flexibility index (Phi) is 8.61. The van der Waals surface area contributed by atoms with Crippen LogP contribution in [0.5, 0.6) is 0 Å². The van der Waals surface area contributed by atoms with Crippen LogP contribution in [0.15, 0.2) is 60.7 Å². The summed E-state index contributed by atoms with van der Waals surface area (Å²) in [6.07, 6.45) is 0. The molecule has 0 aromatic heterocycles. The van der Waals surface area contributed by atoms with Gasteiger partial charge in [0.1, 0.15) is 12.1 Å². The average Bonchev–Trinajstić information content (AvgIpc) is 3.16. The van der Waals surface area contributed by atoms with Crippen molar-refractivity contribution in [1.29, 1.82) is 0 Å². The molecule has 0 radical (unpaired) electrons. The number of hydrogen-bond acceptors (Lipinski definition) is 5. The molecular formula is C27H36N4O3S. The van der Waals surface area contributed by atoms with Gasteiger partial charge in [-0.05, 0) is 37.8 Å². The van der Waals surface area contributed by atoms with E-state index in [1.807, 2.05) is 88.4 Å². The minimum atomic E-state index is -0.777. The number of carbonyl (C=O) groups is 3. The molecule has 7 nitrogen and oxygen atoms in total. The van der Waals surface area contributed by atoms with E-state index in [0.717, 1.165) is 11.1 Å². The Morgan fingerprint density at radius 2 is 1.46 bits per heavy atom. The van der Waals surface area contributed by atoms with Gasteiger partial charge in [0.25, 0.3) is 0 Å². The van der Waals surface area contributed by atoms with Crippen LogP contribution >= 0.6 is 11.8 Å². The maximum Gasteiger partial charge on any atom is 0.247 e. The van der Waals surface area contributed by atoms with Gasteiger partial charge in [0.15, 0.2) is 0 Å². The molecule has 0 spiro atoms. The largest absolute Gasteiger partial charge is 0.343 e. The molecule has 8 heteroatoms. The van der Waals surface area contributed by atoms with Crippen molar-refractivity contribution < 1.29 is 14.4 Å². The van der Waals surface area contributed by atoms with Crippen LogP contribution in [0.1, 0.15) is 51.8 Å². The number of thioether (sulfide) groups is 1. The van der Waals surface area contributed by atoms with Gasteiger partial charge < -0.3 is 21.3 Å². The highest BCUT2D eigenvalue weighted by molar-refractivity contribution is 8.00. The first-order valence-electron chi connectivity index (χ1n) is 12.0. The molecule has 1 fully saturated rings. The van der Waals surface area contributed by atoms with E-state index in [0.29, 0.717) is 5.75 Å². The Hall–Kier alpha value is -2.84. The van der Waals surface area contributed by atoms with Gasteiger partial charge in [-0.2, -0.15) is 0 Å². The molecule has 4 N–H and O–H groups in total. The standard InChI is InChI=1S/C27H36N4O3S/c1-17(2)22(29-24(32)18(3)28)26(34)31-21(16-35-27(31,4)5)25(33)30-23(19-12-8-6-9-13-19)20-14-10-7-11-15-20/h6-15,17-18,21-23H,16,28H2,1-5H3,(H,29,32)(H,30,33)/t18-,21+,22-/m0/s1.